The number of rotatable bonds is 4. The number of hydrogen-bond acceptors (Lipinski definition) is 4. The van der Waals surface area contributed by atoms with E-state index in [0.29, 0.717) is 0 Å². The van der Waals surface area contributed by atoms with Gasteiger partial charge in [-0.15, -0.1) is 0 Å². The average Bonchev–Trinajstić information content (AvgIpc) is 2.28. The number of nitro groups is 1. The van der Waals surface area contributed by atoms with Crippen LogP contribution in [0.15, 0.2) is 24.8 Å². The fraction of sp³-hybridized carbons (Fsp3) is 0.182. The van der Waals surface area contributed by atoms with Crippen LogP contribution in [0.3, 0.4) is 0 Å². The van der Waals surface area contributed by atoms with Crippen LogP contribution in [-0.2, 0) is 9.53 Å². The maximum absolute atomic E-state index is 13.0. The fourth-order valence-corrected chi connectivity index (χ4v) is 1.18. The van der Waals surface area contributed by atoms with E-state index in [9.17, 15) is 19.3 Å². The quantitative estimate of drug-likeness (QED) is 0.350. The Bertz CT molecular complexity index is 484. The fourth-order valence-electron chi connectivity index (χ4n) is 1.18. The summed E-state index contributed by atoms with van der Waals surface area (Å²) >= 11 is 0. The monoisotopic (exact) mass is 239 g/mol. The SMILES string of the molecule is C=C(C(=O)OCC)c1ccc(F)c([N+](=O)[O-])c1. The molecule has 5 nitrogen and oxygen atoms in total. The second-order valence-corrected chi connectivity index (χ2v) is 3.12. The molecule has 0 aromatic heterocycles. The summed E-state index contributed by atoms with van der Waals surface area (Å²) in [5.74, 6) is -1.65. The second-order valence-electron chi connectivity index (χ2n) is 3.12. The summed E-state index contributed by atoms with van der Waals surface area (Å²) in [4.78, 5) is 21.0. The Morgan fingerprint density at radius 3 is 2.76 bits per heavy atom. The average molecular weight is 239 g/mol. The smallest absolute Gasteiger partial charge is 0.338 e. The molecule has 0 fully saturated rings. The standard InChI is InChI=1S/C11H10FNO4/c1-3-17-11(14)7(2)8-4-5-9(12)10(6-8)13(15)16/h4-6H,2-3H2,1H3. The van der Waals surface area contributed by atoms with Crippen LogP contribution < -0.4 is 0 Å². The van der Waals surface area contributed by atoms with E-state index >= 15 is 0 Å². The third-order valence-electron chi connectivity index (χ3n) is 2.01. The molecule has 1 aromatic rings. The van der Waals surface area contributed by atoms with Gasteiger partial charge in [0.05, 0.1) is 17.1 Å². The lowest BCUT2D eigenvalue weighted by atomic mass is 10.1. The first kappa shape index (κ1) is 12.8. The zero-order chi connectivity index (χ0) is 13.0. The molecular formula is C11H10FNO4. The molecule has 0 aliphatic carbocycles. The molecule has 0 amide bonds. The molecule has 0 spiro atoms. The first-order chi connectivity index (χ1) is 7.97. The minimum Gasteiger partial charge on any atom is -0.462 e. The molecule has 0 unspecified atom stereocenters. The highest BCUT2D eigenvalue weighted by Gasteiger charge is 2.18. The van der Waals surface area contributed by atoms with Crippen LogP contribution >= 0.6 is 0 Å². The van der Waals surface area contributed by atoms with E-state index in [1.54, 1.807) is 6.92 Å². The Labute approximate surface area is 96.7 Å². The molecule has 1 aromatic carbocycles. The number of benzene rings is 1. The summed E-state index contributed by atoms with van der Waals surface area (Å²) in [6.45, 7) is 5.25. The predicted molar refractivity (Wildman–Crippen MR) is 58.7 cm³/mol. The number of carbonyl (C=O) groups is 1. The van der Waals surface area contributed by atoms with E-state index in [1.807, 2.05) is 0 Å². The van der Waals surface area contributed by atoms with Crippen LogP contribution in [0.1, 0.15) is 12.5 Å². The summed E-state index contributed by atoms with van der Waals surface area (Å²) in [6, 6.07) is 3.11. The molecule has 0 aliphatic heterocycles. The highest BCUT2D eigenvalue weighted by Crippen LogP contribution is 2.23. The van der Waals surface area contributed by atoms with Crippen LogP contribution in [0.4, 0.5) is 10.1 Å². The molecule has 6 heteroatoms. The zero-order valence-electron chi connectivity index (χ0n) is 9.10. The summed E-state index contributed by atoms with van der Waals surface area (Å²) in [5, 5.41) is 10.5. The van der Waals surface area contributed by atoms with E-state index in [4.69, 9.17) is 0 Å². The summed E-state index contributed by atoms with van der Waals surface area (Å²) in [6.07, 6.45) is 0. The molecule has 1 rings (SSSR count). The van der Waals surface area contributed by atoms with Crippen molar-refractivity contribution in [2.45, 2.75) is 6.92 Å². The zero-order valence-corrected chi connectivity index (χ0v) is 9.10. The van der Waals surface area contributed by atoms with E-state index in [1.165, 1.54) is 6.07 Å². The molecular weight excluding hydrogens is 229 g/mol. The van der Waals surface area contributed by atoms with Crippen molar-refractivity contribution in [3.05, 3.63) is 46.3 Å². The Kier molecular flexibility index (Phi) is 3.92. The molecule has 0 saturated carbocycles. The molecule has 0 atom stereocenters. The molecule has 17 heavy (non-hydrogen) atoms. The van der Waals surface area contributed by atoms with Gasteiger partial charge in [-0.1, -0.05) is 12.6 Å². The van der Waals surface area contributed by atoms with Gasteiger partial charge < -0.3 is 4.74 Å². The van der Waals surface area contributed by atoms with Crippen LogP contribution in [0.2, 0.25) is 0 Å². The Morgan fingerprint density at radius 2 is 2.24 bits per heavy atom. The third kappa shape index (κ3) is 2.87. The molecule has 90 valence electrons. The van der Waals surface area contributed by atoms with Crippen molar-refractivity contribution < 1.29 is 18.8 Å². The number of esters is 1. The van der Waals surface area contributed by atoms with Gasteiger partial charge in [0.1, 0.15) is 0 Å². The molecule has 0 N–H and O–H groups in total. The largest absolute Gasteiger partial charge is 0.462 e. The molecule has 0 bridgehead atoms. The Hall–Kier alpha value is -2.24. The van der Waals surface area contributed by atoms with Crippen molar-refractivity contribution in [3.8, 4) is 0 Å². The minimum atomic E-state index is -0.963. The third-order valence-corrected chi connectivity index (χ3v) is 2.01. The van der Waals surface area contributed by atoms with Crippen molar-refractivity contribution >= 4 is 17.2 Å². The molecule has 0 heterocycles. The van der Waals surface area contributed by atoms with Gasteiger partial charge in [-0.3, -0.25) is 10.1 Å². The van der Waals surface area contributed by atoms with Gasteiger partial charge in [-0.05, 0) is 18.6 Å². The summed E-state index contributed by atoms with van der Waals surface area (Å²) in [5.41, 5.74) is -0.584. The number of carbonyl (C=O) groups excluding carboxylic acids is 1. The van der Waals surface area contributed by atoms with Gasteiger partial charge in [-0.25, -0.2) is 4.79 Å². The van der Waals surface area contributed by atoms with Gasteiger partial charge in [0, 0.05) is 6.07 Å². The van der Waals surface area contributed by atoms with Crippen LogP contribution in [0, 0.1) is 15.9 Å². The number of hydrogen-bond donors (Lipinski definition) is 0. The summed E-state index contributed by atoms with van der Waals surface area (Å²) < 4.78 is 17.7. The molecule has 0 aliphatic rings. The maximum Gasteiger partial charge on any atom is 0.338 e. The number of ether oxygens (including phenoxy) is 1. The lowest BCUT2D eigenvalue weighted by Crippen LogP contribution is -2.06. The first-order valence-electron chi connectivity index (χ1n) is 4.77. The van der Waals surface area contributed by atoms with Crippen molar-refractivity contribution in [3.63, 3.8) is 0 Å². The second kappa shape index (κ2) is 5.20. The van der Waals surface area contributed by atoms with Gasteiger partial charge in [0.15, 0.2) is 0 Å². The van der Waals surface area contributed by atoms with E-state index in [-0.39, 0.29) is 17.7 Å². The highest BCUT2D eigenvalue weighted by molar-refractivity contribution is 6.15. The highest BCUT2D eigenvalue weighted by atomic mass is 19.1. The van der Waals surface area contributed by atoms with Crippen molar-refractivity contribution in [2.24, 2.45) is 0 Å². The van der Waals surface area contributed by atoms with Gasteiger partial charge in [0.25, 0.3) is 0 Å². The van der Waals surface area contributed by atoms with E-state index in [2.05, 4.69) is 11.3 Å². The normalized spacial score (nSPS) is 9.76. The maximum atomic E-state index is 13.0. The van der Waals surface area contributed by atoms with Gasteiger partial charge in [0.2, 0.25) is 5.82 Å². The number of nitrogens with zero attached hydrogens (tertiary/aromatic N) is 1. The van der Waals surface area contributed by atoms with E-state index < -0.39 is 22.4 Å². The molecule has 0 radical (unpaired) electrons. The number of nitro benzene ring substituents is 1. The minimum absolute atomic E-state index is 0.0463. The predicted octanol–water partition coefficient (Wildman–Crippen LogP) is 2.31. The number of halogens is 1. The Balaban J connectivity index is 3.08. The van der Waals surface area contributed by atoms with Crippen LogP contribution in [0.25, 0.3) is 5.57 Å². The van der Waals surface area contributed by atoms with Crippen molar-refractivity contribution in [1.29, 1.82) is 0 Å². The van der Waals surface area contributed by atoms with E-state index in [0.717, 1.165) is 12.1 Å². The van der Waals surface area contributed by atoms with Crippen LogP contribution in [-0.4, -0.2) is 17.5 Å². The Morgan fingerprint density at radius 1 is 1.59 bits per heavy atom. The van der Waals surface area contributed by atoms with Gasteiger partial charge >= 0.3 is 11.7 Å². The lowest BCUT2D eigenvalue weighted by Gasteiger charge is -2.05. The topological polar surface area (TPSA) is 69.4 Å². The van der Waals surface area contributed by atoms with Gasteiger partial charge in [-0.2, -0.15) is 4.39 Å². The lowest BCUT2D eigenvalue weighted by molar-refractivity contribution is -0.387. The molecule has 0 saturated heterocycles. The van der Waals surface area contributed by atoms with Crippen molar-refractivity contribution in [1.82, 2.24) is 0 Å². The first-order valence-corrected chi connectivity index (χ1v) is 4.77. The van der Waals surface area contributed by atoms with Crippen LogP contribution in [0.5, 0.6) is 0 Å². The van der Waals surface area contributed by atoms with Crippen molar-refractivity contribution in [2.75, 3.05) is 6.61 Å². The summed E-state index contributed by atoms with van der Waals surface area (Å²) in [7, 11) is 0.